The predicted molar refractivity (Wildman–Crippen MR) is 119 cm³/mol. The van der Waals surface area contributed by atoms with Crippen LogP contribution in [0.1, 0.15) is 29.8 Å². The number of likely N-dealkylation sites (N-methyl/N-ethyl adjacent to an activating group) is 1. The average Bonchev–Trinajstić information content (AvgIpc) is 2.81. The van der Waals surface area contributed by atoms with Gasteiger partial charge in [-0.25, -0.2) is 9.18 Å². The van der Waals surface area contributed by atoms with Gasteiger partial charge in [-0.3, -0.25) is 9.59 Å². The normalized spacial score (nSPS) is 11.5. The highest BCUT2D eigenvalue weighted by Crippen LogP contribution is 2.22. The van der Waals surface area contributed by atoms with Crippen LogP contribution in [0, 0.1) is 11.7 Å². The first-order chi connectivity index (χ1) is 15.7. The molecule has 0 aromatic heterocycles. The Balaban J connectivity index is 2.00. The minimum absolute atomic E-state index is 0.0328. The molecule has 0 aliphatic heterocycles. The zero-order valence-corrected chi connectivity index (χ0v) is 19.4. The molecule has 8 nitrogen and oxygen atoms in total. The summed E-state index contributed by atoms with van der Waals surface area (Å²) in [6, 6.07) is 9.77. The van der Waals surface area contributed by atoms with Gasteiger partial charge in [0.05, 0.1) is 14.2 Å². The number of methoxy groups -OCH3 is 2. The lowest BCUT2D eigenvalue weighted by Crippen LogP contribution is -2.46. The summed E-state index contributed by atoms with van der Waals surface area (Å²) in [7, 11) is 4.41. The molecule has 1 atom stereocenters. The summed E-state index contributed by atoms with van der Waals surface area (Å²) < 4.78 is 29.3. The number of carbonyl (C=O) groups is 3. The highest BCUT2D eigenvalue weighted by atomic mass is 19.1. The number of amides is 2. The number of nitrogens with one attached hydrogen (secondary N) is 1. The number of esters is 1. The summed E-state index contributed by atoms with van der Waals surface area (Å²) in [5.41, 5.74) is 0.589. The lowest BCUT2D eigenvalue weighted by Gasteiger charge is -2.22. The zero-order chi connectivity index (χ0) is 24.5. The lowest BCUT2D eigenvalue weighted by atomic mass is 10.0. The SMILES string of the molecule is COc1cc(OC)cc(C(=O)N[C@H](C(=O)OCC(=O)N(C)Cc2ccccc2F)C(C)C)c1. The van der Waals surface area contributed by atoms with Gasteiger partial charge in [-0.1, -0.05) is 32.0 Å². The third-order valence-electron chi connectivity index (χ3n) is 4.95. The number of hydrogen-bond acceptors (Lipinski definition) is 6. The van der Waals surface area contributed by atoms with Crippen LogP contribution >= 0.6 is 0 Å². The van der Waals surface area contributed by atoms with Gasteiger partial charge in [-0.2, -0.15) is 0 Å². The Morgan fingerprint density at radius 2 is 1.64 bits per heavy atom. The van der Waals surface area contributed by atoms with E-state index in [0.29, 0.717) is 17.1 Å². The van der Waals surface area contributed by atoms with Crippen molar-refractivity contribution in [1.29, 1.82) is 0 Å². The maximum Gasteiger partial charge on any atom is 0.329 e. The van der Waals surface area contributed by atoms with Gasteiger partial charge >= 0.3 is 5.97 Å². The molecule has 0 radical (unpaired) electrons. The van der Waals surface area contributed by atoms with Crippen LogP contribution in [0.15, 0.2) is 42.5 Å². The van der Waals surface area contributed by atoms with E-state index in [1.807, 2.05) is 0 Å². The molecule has 0 spiro atoms. The Morgan fingerprint density at radius 1 is 1.03 bits per heavy atom. The van der Waals surface area contributed by atoms with E-state index in [-0.39, 0.29) is 18.0 Å². The van der Waals surface area contributed by atoms with Crippen molar-refractivity contribution >= 4 is 17.8 Å². The number of nitrogens with zero attached hydrogens (tertiary/aromatic N) is 1. The molecular formula is C24H29FN2O6. The topological polar surface area (TPSA) is 94.2 Å². The van der Waals surface area contributed by atoms with Gasteiger partial charge in [0.1, 0.15) is 23.4 Å². The van der Waals surface area contributed by atoms with Crippen LogP contribution in [0.5, 0.6) is 11.5 Å². The summed E-state index contributed by atoms with van der Waals surface area (Å²) in [5.74, 6) is -1.66. The third-order valence-corrected chi connectivity index (χ3v) is 4.95. The third kappa shape index (κ3) is 7.20. The van der Waals surface area contributed by atoms with Crippen molar-refractivity contribution in [2.45, 2.75) is 26.4 Å². The molecule has 0 bridgehead atoms. The molecule has 9 heteroatoms. The molecular weight excluding hydrogens is 431 g/mol. The van der Waals surface area contributed by atoms with Crippen LogP contribution in [0.25, 0.3) is 0 Å². The quantitative estimate of drug-likeness (QED) is 0.548. The van der Waals surface area contributed by atoms with E-state index >= 15 is 0 Å². The molecule has 178 valence electrons. The maximum atomic E-state index is 13.8. The van der Waals surface area contributed by atoms with Crippen molar-refractivity contribution in [1.82, 2.24) is 10.2 Å². The molecule has 33 heavy (non-hydrogen) atoms. The summed E-state index contributed by atoms with van der Waals surface area (Å²) in [6.45, 7) is 2.98. The maximum absolute atomic E-state index is 13.8. The molecule has 0 unspecified atom stereocenters. The van der Waals surface area contributed by atoms with Gasteiger partial charge in [0.15, 0.2) is 6.61 Å². The van der Waals surface area contributed by atoms with E-state index < -0.39 is 36.2 Å². The van der Waals surface area contributed by atoms with Gasteiger partial charge in [0, 0.05) is 30.8 Å². The predicted octanol–water partition coefficient (Wildman–Crippen LogP) is 2.80. The highest BCUT2D eigenvalue weighted by molar-refractivity contribution is 5.97. The monoisotopic (exact) mass is 460 g/mol. The van der Waals surface area contributed by atoms with Crippen molar-refractivity contribution in [3.05, 3.63) is 59.4 Å². The molecule has 0 saturated heterocycles. The standard InChI is InChI=1S/C24H29FN2O6/c1-15(2)22(26-23(29)17-10-18(31-4)12-19(11-17)32-5)24(30)33-14-21(28)27(3)13-16-8-6-7-9-20(16)25/h6-12,15,22H,13-14H2,1-5H3,(H,26,29)/t22-/m0/s1. The van der Waals surface area contributed by atoms with E-state index in [9.17, 15) is 18.8 Å². The fourth-order valence-corrected chi connectivity index (χ4v) is 2.96. The molecule has 0 aliphatic rings. The number of carbonyl (C=O) groups excluding carboxylic acids is 3. The summed E-state index contributed by atoms with van der Waals surface area (Å²) >= 11 is 0. The first-order valence-electron chi connectivity index (χ1n) is 10.3. The Kier molecular flexibility index (Phi) is 9.20. The van der Waals surface area contributed by atoms with Crippen molar-refractivity contribution in [3.63, 3.8) is 0 Å². The van der Waals surface area contributed by atoms with Crippen molar-refractivity contribution in [2.24, 2.45) is 5.92 Å². The highest BCUT2D eigenvalue weighted by Gasteiger charge is 2.27. The van der Waals surface area contributed by atoms with Crippen LogP contribution in [0.4, 0.5) is 4.39 Å². The molecule has 0 heterocycles. The molecule has 2 amide bonds. The second-order valence-electron chi connectivity index (χ2n) is 7.75. The fourth-order valence-electron chi connectivity index (χ4n) is 2.96. The van der Waals surface area contributed by atoms with Gasteiger partial charge in [-0.05, 0) is 24.1 Å². The number of benzene rings is 2. The van der Waals surface area contributed by atoms with Crippen LogP contribution in [0.2, 0.25) is 0 Å². The summed E-state index contributed by atoms with van der Waals surface area (Å²) in [4.78, 5) is 39.0. The molecule has 0 fully saturated rings. The van der Waals surface area contributed by atoms with E-state index in [2.05, 4.69) is 5.32 Å². The van der Waals surface area contributed by atoms with Gasteiger partial charge in [0.2, 0.25) is 0 Å². The number of ether oxygens (including phenoxy) is 3. The second-order valence-corrected chi connectivity index (χ2v) is 7.75. The van der Waals surface area contributed by atoms with Gasteiger partial charge in [-0.15, -0.1) is 0 Å². The van der Waals surface area contributed by atoms with E-state index in [0.717, 1.165) is 0 Å². The van der Waals surface area contributed by atoms with Crippen LogP contribution in [0.3, 0.4) is 0 Å². The zero-order valence-electron chi connectivity index (χ0n) is 19.4. The van der Waals surface area contributed by atoms with E-state index in [4.69, 9.17) is 14.2 Å². The molecule has 2 aromatic carbocycles. The molecule has 0 aliphatic carbocycles. The number of rotatable bonds is 10. The van der Waals surface area contributed by atoms with Crippen LogP contribution in [-0.4, -0.2) is 56.6 Å². The van der Waals surface area contributed by atoms with Crippen LogP contribution < -0.4 is 14.8 Å². The minimum Gasteiger partial charge on any atom is -0.497 e. The van der Waals surface area contributed by atoms with Crippen LogP contribution in [-0.2, 0) is 20.9 Å². The fraction of sp³-hybridized carbons (Fsp3) is 0.375. The largest absolute Gasteiger partial charge is 0.497 e. The molecule has 0 saturated carbocycles. The average molecular weight is 461 g/mol. The molecule has 1 N–H and O–H groups in total. The molecule has 2 rings (SSSR count). The smallest absolute Gasteiger partial charge is 0.329 e. The summed E-state index contributed by atoms with van der Waals surface area (Å²) in [5, 5.41) is 2.64. The Bertz CT molecular complexity index is 972. The first-order valence-corrected chi connectivity index (χ1v) is 10.3. The second kappa shape index (κ2) is 11.8. The van der Waals surface area contributed by atoms with Crippen molar-refractivity contribution in [2.75, 3.05) is 27.9 Å². The first kappa shape index (κ1) is 25.6. The van der Waals surface area contributed by atoms with Gasteiger partial charge in [0.25, 0.3) is 11.8 Å². The lowest BCUT2D eigenvalue weighted by molar-refractivity contribution is -0.154. The number of halogens is 1. The van der Waals surface area contributed by atoms with E-state index in [1.165, 1.54) is 44.4 Å². The number of hydrogen-bond donors (Lipinski definition) is 1. The molecule has 2 aromatic rings. The minimum atomic E-state index is -0.987. The van der Waals surface area contributed by atoms with Crippen molar-refractivity contribution < 1.29 is 33.0 Å². The Labute approximate surface area is 192 Å². The van der Waals surface area contributed by atoms with Crippen molar-refractivity contribution in [3.8, 4) is 11.5 Å². The van der Waals surface area contributed by atoms with E-state index in [1.54, 1.807) is 38.1 Å². The Hall–Kier alpha value is -3.62. The summed E-state index contributed by atoms with van der Waals surface area (Å²) in [6.07, 6.45) is 0. The van der Waals surface area contributed by atoms with Gasteiger partial charge < -0.3 is 24.4 Å². The Morgan fingerprint density at radius 3 is 2.18 bits per heavy atom.